The Morgan fingerprint density at radius 3 is 1.62 bits per heavy atom. The van der Waals surface area contributed by atoms with Crippen LogP contribution < -0.4 is 25.7 Å². The van der Waals surface area contributed by atoms with E-state index in [9.17, 15) is 26.4 Å². The summed E-state index contributed by atoms with van der Waals surface area (Å²) in [5.41, 5.74) is 12.3. The first kappa shape index (κ1) is 45.0. The van der Waals surface area contributed by atoms with Crippen molar-refractivity contribution in [1.82, 2.24) is 28.5 Å². The number of pyridine rings is 4. The quantitative estimate of drug-likeness (QED) is 0.184. The second-order valence-electron chi connectivity index (χ2n) is 12.1. The van der Waals surface area contributed by atoms with Gasteiger partial charge in [-0.3, -0.25) is 5.32 Å². The van der Waals surface area contributed by atoms with Gasteiger partial charge in [-0.25, -0.2) is 45.2 Å². The molecular weight excluding hydrogens is 903 g/mol. The molecule has 53 heavy (non-hydrogen) atoms. The second kappa shape index (κ2) is 19.2. The standard InChI is InChI=1S/C14H17N5O4S.C7H10BrN3O2S.C7H7N2O2.3CH3.Sn/c1-19(2)24(21,22)11-6-10(8-17-13(11)15)9-4-5-16-12(7-9)18-14(20)23-3;1-11(2)14(12,13)6-3-5(8)4-10-7(6)9;1-11-7(10)9-6-4-2-3-5-8-6;;;;/h4-8H,1-3H3,(H2,15,17)(H,16,18,20);3-4H,1-2H3,(H2,9,10);3-5H,1H3,(H,8,9,10);3*1H3;. The number of carbonyl (C=O) groups excluding carboxylic acids is 2. The summed E-state index contributed by atoms with van der Waals surface area (Å²) in [6.07, 6.45) is 4.94. The molecule has 0 aliphatic heterocycles. The van der Waals surface area contributed by atoms with Crippen molar-refractivity contribution in [3.8, 4) is 11.1 Å². The van der Waals surface area contributed by atoms with Gasteiger partial charge in [-0.15, -0.1) is 0 Å². The number of sulfonamides is 2. The Balaban J connectivity index is 0.000000291. The maximum absolute atomic E-state index is 12.3. The minimum absolute atomic E-state index is 0.00176. The number of anilines is 4. The fourth-order valence-corrected chi connectivity index (χ4v) is 9.53. The van der Waals surface area contributed by atoms with E-state index in [1.54, 1.807) is 18.3 Å². The van der Waals surface area contributed by atoms with Gasteiger partial charge in [-0.1, -0.05) is 0 Å². The molecule has 0 radical (unpaired) electrons. The zero-order valence-electron chi connectivity index (χ0n) is 30.6. The molecule has 0 aliphatic rings. The van der Waals surface area contributed by atoms with Gasteiger partial charge >= 0.3 is 100 Å². The van der Waals surface area contributed by atoms with Crippen LogP contribution in [0.25, 0.3) is 11.1 Å². The van der Waals surface area contributed by atoms with Crippen LogP contribution in [0.2, 0.25) is 14.8 Å². The van der Waals surface area contributed by atoms with Gasteiger partial charge in [0.25, 0.3) is 0 Å². The number of nitrogens with zero attached hydrogens (tertiary/aromatic N) is 6. The zero-order chi connectivity index (χ0) is 40.3. The number of rotatable bonds is 8. The van der Waals surface area contributed by atoms with E-state index in [0.717, 1.165) is 8.61 Å². The number of methoxy groups -OCH3 is 2. The molecule has 0 bridgehead atoms. The van der Waals surface area contributed by atoms with Crippen LogP contribution in [0.1, 0.15) is 0 Å². The minimum atomic E-state index is -3.73. The minimum Gasteiger partial charge on any atom is -0.453 e. The third-order valence-electron chi connectivity index (χ3n) is 6.80. The van der Waals surface area contributed by atoms with E-state index in [-0.39, 0.29) is 27.2 Å². The average molecular weight is 946 g/mol. The molecule has 4 rings (SSSR count). The van der Waals surface area contributed by atoms with Crippen molar-refractivity contribution in [1.29, 1.82) is 0 Å². The number of nitrogens with two attached hydrogens (primary N) is 2. The SMILES string of the molecule is CN(C)S(=O)(=O)c1cc(Br)cnc1N.COC(=O)Nc1c[c]([Sn]([CH3])([CH3])[CH3])ccn1.COC(=O)Nc1cc(-c2cnc(N)c(S(=O)(=O)N(C)C)c2)ccn1. The Morgan fingerprint density at radius 1 is 0.698 bits per heavy atom. The number of amides is 2. The fourth-order valence-electron chi connectivity index (χ4n) is 3.81. The van der Waals surface area contributed by atoms with Gasteiger partial charge in [0, 0.05) is 56.8 Å². The molecule has 0 spiro atoms. The summed E-state index contributed by atoms with van der Waals surface area (Å²) in [4.78, 5) is 44.8. The molecule has 0 saturated carbocycles. The molecule has 6 N–H and O–H groups in total. The van der Waals surface area contributed by atoms with Crippen LogP contribution in [-0.4, -0.2) is 118 Å². The first-order valence-corrected chi connectivity index (χ1v) is 28.8. The second-order valence-corrected chi connectivity index (χ2v) is 31.7. The summed E-state index contributed by atoms with van der Waals surface area (Å²) >= 11 is 1.06. The molecule has 0 atom stereocenters. The van der Waals surface area contributed by atoms with Crippen molar-refractivity contribution in [3.05, 3.63) is 65.7 Å². The summed E-state index contributed by atoms with van der Waals surface area (Å²) in [6.45, 7) is 0. The molecule has 0 unspecified atom stereocenters. The van der Waals surface area contributed by atoms with Gasteiger partial charge in [0.15, 0.2) is 0 Å². The van der Waals surface area contributed by atoms with Crippen LogP contribution >= 0.6 is 15.9 Å². The van der Waals surface area contributed by atoms with Crippen molar-refractivity contribution < 1.29 is 35.9 Å². The third-order valence-corrected chi connectivity index (χ3v) is 16.8. The molecule has 0 saturated heterocycles. The molecule has 288 valence electrons. The average Bonchev–Trinajstić information content (AvgIpc) is 3.09. The van der Waals surface area contributed by atoms with E-state index >= 15 is 0 Å². The van der Waals surface area contributed by atoms with Crippen LogP contribution in [0.5, 0.6) is 0 Å². The molecule has 4 aromatic heterocycles. The largest absolute Gasteiger partial charge is 0.453 e. The fraction of sp³-hybridized carbons (Fsp3) is 0.290. The first-order valence-electron chi connectivity index (χ1n) is 15.2. The van der Waals surface area contributed by atoms with Crippen LogP contribution in [0, 0.1) is 0 Å². The predicted octanol–water partition coefficient (Wildman–Crippen LogP) is 3.64. The Morgan fingerprint density at radius 2 is 1.15 bits per heavy atom. The van der Waals surface area contributed by atoms with Crippen LogP contribution in [0.3, 0.4) is 0 Å². The topological polar surface area (TPSA) is 255 Å². The van der Waals surface area contributed by atoms with E-state index in [1.165, 1.54) is 76.7 Å². The molecular formula is C31H43BrN10O8S2Sn. The van der Waals surface area contributed by atoms with Crippen LogP contribution in [-0.2, 0) is 29.5 Å². The summed E-state index contributed by atoms with van der Waals surface area (Å²) in [5, 5.41) is 5.00. The Labute approximate surface area is 321 Å². The number of halogens is 1. The molecule has 4 heterocycles. The van der Waals surface area contributed by atoms with Crippen molar-refractivity contribution in [2.45, 2.75) is 24.6 Å². The molecule has 0 aromatic carbocycles. The number of carbonyl (C=O) groups is 2. The maximum atomic E-state index is 12.3. The monoisotopic (exact) mass is 946 g/mol. The summed E-state index contributed by atoms with van der Waals surface area (Å²) in [7, 11) is 1.03. The van der Waals surface area contributed by atoms with Gasteiger partial charge < -0.3 is 16.2 Å². The summed E-state index contributed by atoms with van der Waals surface area (Å²) in [5.74, 6) is 0.732. The summed E-state index contributed by atoms with van der Waals surface area (Å²) in [6, 6.07) is 10.0. The van der Waals surface area contributed by atoms with E-state index in [1.807, 2.05) is 12.1 Å². The molecule has 0 aliphatic carbocycles. The molecule has 0 fully saturated rings. The van der Waals surface area contributed by atoms with E-state index in [4.69, 9.17) is 11.5 Å². The molecule has 22 heteroatoms. The smallest absolute Gasteiger partial charge is 0.412 e. The Hall–Kier alpha value is -4.16. The first-order chi connectivity index (χ1) is 24.5. The van der Waals surface area contributed by atoms with Crippen molar-refractivity contribution >= 4 is 93.4 Å². The molecule has 18 nitrogen and oxygen atoms in total. The Bertz CT molecular complexity index is 2140. The van der Waals surface area contributed by atoms with Gasteiger partial charge in [0.2, 0.25) is 20.0 Å². The van der Waals surface area contributed by atoms with Crippen molar-refractivity contribution in [2.24, 2.45) is 0 Å². The third kappa shape index (κ3) is 13.0. The van der Waals surface area contributed by atoms with Gasteiger partial charge in [0.05, 0.1) is 7.11 Å². The number of hydrogen-bond donors (Lipinski definition) is 4. The number of nitrogen functional groups attached to an aromatic ring is 2. The normalized spacial score (nSPS) is 11.4. The van der Waals surface area contributed by atoms with Gasteiger partial charge in [-0.2, -0.15) is 0 Å². The molecule has 2 amide bonds. The number of ether oxygens (including phenoxy) is 2. The van der Waals surface area contributed by atoms with E-state index < -0.39 is 50.6 Å². The number of nitrogens with one attached hydrogen (secondary N) is 2. The van der Waals surface area contributed by atoms with Crippen molar-refractivity contribution in [3.63, 3.8) is 0 Å². The number of hydrogen-bond acceptors (Lipinski definition) is 14. The van der Waals surface area contributed by atoms with Crippen LogP contribution in [0.4, 0.5) is 32.9 Å². The summed E-state index contributed by atoms with van der Waals surface area (Å²) < 4.78 is 61.1. The Kier molecular flexibility index (Phi) is 16.3. The van der Waals surface area contributed by atoms with E-state index in [2.05, 4.69) is 70.8 Å². The predicted molar refractivity (Wildman–Crippen MR) is 209 cm³/mol. The van der Waals surface area contributed by atoms with E-state index in [0.29, 0.717) is 21.4 Å². The van der Waals surface area contributed by atoms with Gasteiger partial charge in [0.1, 0.15) is 27.2 Å². The van der Waals surface area contributed by atoms with Crippen LogP contribution in [0.15, 0.2) is 75.4 Å². The molecule has 4 aromatic rings. The maximum Gasteiger partial charge on any atom is 0.412 e. The van der Waals surface area contributed by atoms with Gasteiger partial charge in [-0.05, 0) is 45.8 Å². The van der Waals surface area contributed by atoms with Crippen molar-refractivity contribution in [2.75, 3.05) is 64.5 Å². The number of aromatic nitrogens is 4. The zero-order valence-corrected chi connectivity index (χ0v) is 36.6.